The Kier molecular flexibility index (Phi) is 4.48. The summed E-state index contributed by atoms with van der Waals surface area (Å²) in [5.74, 6) is -0.846. The van der Waals surface area contributed by atoms with Crippen LogP contribution in [0.25, 0.3) is 0 Å². The van der Waals surface area contributed by atoms with Crippen molar-refractivity contribution in [3.63, 3.8) is 0 Å². The molecule has 1 saturated heterocycles. The average Bonchev–Trinajstić information content (AvgIpc) is 2.82. The van der Waals surface area contributed by atoms with Gasteiger partial charge in [-0.25, -0.2) is 4.90 Å². The maximum absolute atomic E-state index is 12.8. The standard InChI is InChI=1S/C19H17F3N2O2/c1-11-5-3-6-12(2)17(11)24-16(25)10-15(18(24)26)23-14-8-4-7-13(9-14)19(20,21)22/h3-9,15,23H,10H2,1-2H3. The number of aryl methyl sites for hydroxylation is 2. The molecule has 1 unspecified atom stereocenters. The molecule has 2 aromatic carbocycles. The summed E-state index contributed by atoms with van der Waals surface area (Å²) in [4.78, 5) is 26.2. The molecule has 0 aliphatic carbocycles. The number of halogens is 3. The number of alkyl halides is 3. The normalized spacial score (nSPS) is 17.7. The Morgan fingerprint density at radius 3 is 2.27 bits per heavy atom. The summed E-state index contributed by atoms with van der Waals surface area (Å²) in [6.07, 6.45) is -4.58. The van der Waals surface area contributed by atoms with Crippen LogP contribution >= 0.6 is 0 Å². The summed E-state index contributed by atoms with van der Waals surface area (Å²) in [5, 5.41) is 2.76. The molecule has 26 heavy (non-hydrogen) atoms. The highest BCUT2D eigenvalue weighted by atomic mass is 19.4. The number of para-hydroxylation sites is 1. The van der Waals surface area contributed by atoms with Crippen LogP contribution in [0.1, 0.15) is 23.1 Å². The molecule has 0 spiro atoms. The zero-order valence-corrected chi connectivity index (χ0v) is 14.2. The number of nitrogens with zero attached hydrogens (tertiary/aromatic N) is 1. The molecule has 1 aliphatic heterocycles. The monoisotopic (exact) mass is 362 g/mol. The van der Waals surface area contributed by atoms with E-state index in [0.717, 1.165) is 28.2 Å². The Labute approximate surface area is 148 Å². The van der Waals surface area contributed by atoms with E-state index < -0.39 is 23.7 Å². The highest BCUT2D eigenvalue weighted by Gasteiger charge is 2.41. The first kappa shape index (κ1) is 18.0. The zero-order valence-electron chi connectivity index (χ0n) is 14.2. The van der Waals surface area contributed by atoms with Crippen molar-refractivity contribution in [2.45, 2.75) is 32.5 Å². The Morgan fingerprint density at radius 1 is 1.04 bits per heavy atom. The van der Waals surface area contributed by atoms with E-state index in [1.54, 1.807) is 26.0 Å². The molecule has 1 N–H and O–H groups in total. The molecular weight excluding hydrogens is 345 g/mol. The fourth-order valence-corrected chi connectivity index (χ4v) is 3.12. The molecule has 0 aromatic heterocycles. The molecule has 0 saturated carbocycles. The van der Waals surface area contributed by atoms with E-state index in [1.165, 1.54) is 12.1 Å². The first-order valence-corrected chi connectivity index (χ1v) is 8.05. The summed E-state index contributed by atoms with van der Waals surface area (Å²) >= 11 is 0. The zero-order chi connectivity index (χ0) is 19.1. The van der Waals surface area contributed by atoms with E-state index >= 15 is 0 Å². The second-order valence-corrected chi connectivity index (χ2v) is 6.29. The highest BCUT2D eigenvalue weighted by molar-refractivity contribution is 6.23. The van der Waals surface area contributed by atoms with Gasteiger partial charge in [0, 0.05) is 5.69 Å². The van der Waals surface area contributed by atoms with Crippen molar-refractivity contribution in [1.29, 1.82) is 0 Å². The summed E-state index contributed by atoms with van der Waals surface area (Å²) in [5.41, 5.74) is 1.44. The third kappa shape index (κ3) is 3.29. The molecule has 1 atom stereocenters. The largest absolute Gasteiger partial charge is 0.416 e. The second kappa shape index (κ2) is 6.48. The van der Waals surface area contributed by atoms with Gasteiger partial charge in [-0.3, -0.25) is 9.59 Å². The summed E-state index contributed by atoms with van der Waals surface area (Å²) in [6, 6.07) is 9.12. The summed E-state index contributed by atoms with van der Waals surface area (Å²) < 4.78 is 38.5. The Morgan fingerprint density at radius 2 is 1.65 bits per heavy atom. The first-order chi connectivity index (χ1) is 12.2. The number of hydrogen-bond acceptors (Lipinski definition) is 3. The number of nitrogens with one attached hydrogen (secondary N) is 1. The van der Waals surface area contributed by atoms with E-state index in [9.17, 15) is 22.8 Å². The number of imide groups is 1. The van der Waals surface area contributed by atoms with Crippen molar-refractivity contribution >= 4 is 23.2 Å². The molecule has 7 heteroatoms. The minimum atomic E-state index is -4.47. The smallest absolute Gasteiger partial charge is 0.373 e. The van der Waals surface area contributed by atoms with Crippen LogP contribution in [0, 0.1) is 13.8 Å². The summed E-state index contributed by atoms with van der Waals surface area (Å²) in [7, 11) is 0. The number of carbonyl (C=O) groups is 2. The molecule has 4 nitrogen and oxygen atoms in total. The van der Waals surface area contributed by atoms with Crippen molar-refractivity contribution in [3.05, 3.63) is 59.2 Å². The second-order valence-electron chi connectivity index (χ2n) is 6.29. The molecule has 0 radical (unpaired) electrons. The fourth-order valence-electron chi connectivity index (χ4n) is 3.12. The van der Waals surface area contributed by atoms with Crippen LogP contribution in [0.3, 0.4) is 0 Å². The molecule has 1 fully saturated rings. The Hall–Kier alpha value is -2.83. The van der Waals surface area contributed by atoms with Crippen LogP contribution in [0.5, 0.6) is 0 Å². The van der Waals surface area contributed by atoms with Gasteiger partial charge in [-0.2, -0.15) is 13.2 Å². The number of amides is 2. The maximum Gasteiger partial charge on any atom is 0.416 e. The number of hydrogen-bond donors (Lipinski definition) is 1. The molecule has 1 aliphatic rings. The molecule has 2 aromatic rings. The van der Waals surface area contributed by atoms with Gasteiger partial charge in [-0.15, -0.1) is 0 Å². The Bertz CT molecular complexity index is 857. The third-order valence-corrected chi connectivity index (χ3v) is 4.34. The number of benzene rings is 2. The van der Waals surface area contributed by atoms with Crippen molar-refractivity contribution in [2.24, 2.45) is 0 Å². The van der Waals surface area contributed by atoms with Crippen LogP contribution < -0.4 is 10.2 Å². The van der Waals surface area contributed by atoms with Gasteiger partial charge in [-0.1, -0.05) is 24.3 Å². The lowest BCUT2D eigenvalue weighted by molar-refractivity contribution is -0.137. The predicted molar refractivity (Wildman–Crippen MR) is 91.9 cm³/mol. The lowest BCUT2D eigenvalue weighted by Crippen LogP contribution is -2.35. The van der Waals surface area contributed by atoms with Crippen LogP contribution in [0.2, 0.25) is 0 Å². The van der Waals surface area contributed by atoms with E-state index in [2.05, 4.69) is 5.32 Å². The van der Waals surface area contributed by atoms with Crippen molar-refractivity contribution in [3.8, 4) is 0 Å². The van der Waals surface area contributed by atoms with E-state index in [0.29, 0.717) is 5.69 Å². The molecule has 2 amide bonds. The van der Waals surface area contributed by atoms with Gasteiger partial charge in [0.15, 0.2) is 0 Å². The van der Waals surface area contributed by atoms with Gasteiger partial charge in [-0.05, 0) is 43.2 Å². The Balaban J connectivity index is 1.86. The SMILES string of the molecule is Cc1cccc(C)c1N1C(=O)CC(Nc2cccc(C(F)(F)F)c2)C1=O. The van der Waals surface area contributed by atoms with Gasteiger partial charge in [0.25, 0.3) is 5.91 Å². The van der Waals surface area contributed by atoms with E-state index in [-0.39, 0.29) is 18.0 Å². The van der Waals surface area contributed by atoms with Gasteiger partial charge in [0.05, 0.1) is 17.7 Å². The van der Waals surface area contributed by atoms with Gasteiger partial charge in [0.2, 0.25) is 5.91 Å². The third-order valence-electron chi connectivity index (χ3n) is 4.34. The van der Waals surface area contributed by atoms with Crippen molar-refractivity contribution < 1.29 is 22.8 Å². The lowest BCUT2D eigenvalue weighted by atomic mass is 10.1. The van der Waals surface area contributed by atoms with Gasteiger partial charge in [0.1, 0.15) is 6.04 Å². The average molecular weight is 362 g/mol. The van der Waals surface area contributed by atoms with E-state index in [4.69, 9.17) is 0 Å². The van der Waals surface area contributed by atoms with Crippen LogP contribution in [0.4, 0.5) is 24.5 Å². The maximum atomic E-state index is 12.8. The quantitative estimate of drug-likeness (QED) is 0.838. The van der Waals surface area contributed by atoms with E-state index in [1.807, 2.05) is 6.07 Å². The van der Waals surface area contributed by atoms with Gasteiger partial charge >= 0.3 is 6.18 Å². The first-order valence-electron chi connectivity index (χ1n) is 8.05. The molecule has 0 bridgehead atoms. The van der Waals surface area contributed by atoms with Crippen molar-refractivity contribution in [2.75, 3.05) is 10.2 Å². The predicted octanol–water partition coefficient (Wildman–Crippen LogP) is 4.07. The molecule has 1 heterocycles. The van der Waals surface area contributed by atoms with Crippen LogP contribution in [-0.4, -0.2) is 17.9 Å². The number of carbonyl (C=O) groups excluding carboxylic acids is 2. The fraction of sp³-hybridized carbons (Fsp3) is 0.263. The topological polar surface area (TPSA) is 49.4 Å². The molecular formula is C19H17F3N2O2. The lowest BCUT2D eigenvalue weighted by Gasteiger charge is -2.20. The molecule has 3 rings (SSSR count). The van der Waals surface area contributed by atoms with Crippen LogP contribution in [-0.2, 0) is 15.8 Å². The minimum absolute atomic E-state index is 0.108. The van der Waals surface area contributed by atoms with Gasteiger partial charge < -0.3 is 5.32 Å². The van der Waals surface area contributed by atoms with Crippen molar-refractivity contribution in [1.82, 2.24) is 0 Å². The highest BCUT2D eigenvalue weighted by Crippen LogP contribution is 2.33. The summed E-state index contributed by atoms with van der Waals surface area (Å²) in [6.45, 7) is 3.60. The number of anilines is 2. The minimum Gasteiger partial charge on any atom is -0.373 e. The molecule has 136 valence electrons. The van der Waals surface area contributed by atoms with Crippen LogP contribution in [0.15, 0.2) is 42.5 Å². The number of rotatable bonds is 3.